The van der Waals surface area contributed by atoms with Crippen molar-refractivity contribution in [3.8, 4) is 0 Å². The van der Waals surface area contributed by atoms with Crippen LogP contribution >= 0.6 is 0 Å². The van der Waals surface area contributed by atoms with Crippen LogP contribution in [-0.2, 0) is 10.8 Å². The van der Waals surface area contributed by atoms with Gasteiger partial charge >= 0.3 is 5.63 Å². The lowest BCUT2D eigenvalue weighted by atomic mass is 10.0. The Kier molecular flexibility index (Phi) is 4.97. The van der Waals surface area contributed by atoms with E-state index in [1.807, 2.05) is 18.2 Å². The summed E-state index contributed by atoms with van der Waals surface area (Å²) in [4.78, 5) is 12.2. The maximum atomic E-state index is 12.2. The van der Waals surface area contributed by atoms with Crippen molar-refractivity contribution in [2.45, 2.75) is 45.3 Å². The predicted octanol–water partition coefficient (Wildman–Crippen LogP) is 5.00. The summed E-state index contributed by atoms with van der Waals surface area (Å²) >= 11 is 0. The van der Waals surface area contributed by atoms with Gasteiger partial charge in [0.1, 0.15) is 5.76 Å². The largest absolute Gasteiger partial charge is 0.427 e. The van der Waals surface area contributed by atoms with E-state index in [4.69, 9.17) is 8.84 Å². The van der Waals surface area contributed by atoms with Gasteiger partial charge in [-0.05, 0) is 29.6 Å². The van der Waals surface area contributed by atoms with Gasteiger partial charge in [-0.1, -0.05) is 51.6 Å². The molecule has 124 valence electrons. The molecule has 1 heterocycles. The third kappa shape index (κ3) is 3.65. The summed E-state index contributed by atoms with van der Waals surface area (Å²) in [5.74, 6) is 0.655. The van der Waals surface area contributed by atoms with Gasteiger partial charge in [-0.15, -0.1) is 0 Å². The third-order valence-electron chi connectivity index (χ3n) is 4.76. The first-order chi connectivity index (χ1) is 10.7. The highest BCUT2D eigenvalue weighted by Crippen LogP contribution is 2.36. The maximum Gasteiger partial charge on any atom is 0.343 e. The summed E-state index contributed by atoms with van der Waals surface area (Å²) in [5.41, 5.74) is 0.590. The first kappa shape index (κ1) is 17.7. The van der Waals surface area contributed by atoms with E-state index in [0.29, 0.717) is 24.2 Å². The standard InChI is InChI=1S/C19H26O3Si/c1-7-14-15-10-8-9-11-16(15)18(20)22-17(14)12-13-21-23(5,6)19(2,3)4/h7-11H,1,12-13H2,2-6H3. The molecule has 0 atom stereocenters. The summed E-state index contributed by atoms with van der Waals surface area (Å²) in [5, 5.41) is 1.65. The fourth-order valence-electron chi connectivity index (χ4n) is 2.29. The highest BCUT2D eigenvalue weighted by molar-refractivity contribution is 6.74. The van der Waals surface area contributed by atoms with Gasteiger partial charge in [-0.2, -0.15) is 0 Å². The van der Waals surface area contributed by atoms with Crippen molar-refractivity contribution < 1.29 is 8.84 Å². The Morgan fingerprint density at radius 3 is 2.39 bits per heavy atom. The fourth-order valence-corrected chi connectivity index (χ4v) is 3.34. The average molecular weight is 330 g/mol. The minimum absolute atomic E-state index is 0.165. The molecule has 0 saturated carbocycles. The Hall–Kier alpha value is -1.65. The van der Waals surface area contributed by atoms with Crippen LogP contribution in [-0.4, -0.2) is 14.9 Å². The number of hydrogen-bond donors (Lipinski definition) is 0. The van der Waals surface area contributed by atoms with E-state index in [1.54, 1.807) is 12.1 Å². The number of rotatable bonds is 5. The van der Waals surface area contributed by atoms with Gasteiger partial charge in [-0.25, -0.2) is 4.79 Å². The second-order valence-corrected chi connectivity index (χ2v) is 12.1. The van der Waals surface area contributed by atoms with E-state index in [0.717, 1.165) is 10.9 Å². The zero-order chi connectivity index (χ0) is 17.3. The van der Waals surface area contributed by atoms with Crippen LogP contribution in [0.1, 0.15) is 32.1 Å². The Labute approximate surface area is 139 Å². The number of hydrogen-bond acceptors (Lipinski definition) is 3. The van der Waals surface area contributed by atoms with E-state index in [2.05, 4.69) is 40.4 Å². The van der Waals surface area contributed by atoms with Crippen molar-refractivity contribution >= 4 is 25.2 Å². The van der Waals surface area contributed by atoms with Crippen LogP contribution in [0.4, 0.5) is 0 Å². The van der Waals surface area contributed by atoms with Crippen molar-refractivity contribution in [3.05, 3.63) is 52.6 Å². The van der Waals surface area contributed by atoms with Gasteiger partial charge in [-0.3, -0.25) is 0 Å². The molecule has 1 aromatic heterocycles. The lowest BCUT2D eigenvalue weighted by molar-refractivity contribution is 0.279. The highest BCUT2D eigenvalue weighted by Gasteiger charge is 2.36. The van der Waals surface area contributed by atoms with E-state index in [9.17, 15) is 4.79 Å². The summed E-state index contributed by atoms with van der Waals surface area (Å²) in [7, 11) is -1.80. The average Bonchev–Trinajstić information content (AvgIpc) is 2.46. The first-order valence-electron chi connectivity index (χ1n) is 7.98. The summed E-state index contributed by atoms with van der Waals surface area (Å²) in [6.45, 7) is 15.5. The minimum Gasteiger partial charge on any atom is -0.427 e. The van der Waals surface area contributed by atoms with E-state index in [-0.39, 0.29) is 10.7 Å². The molecular formula is C19H26O3Si. The van der Waals surface area contributed by atoms with Gasteiger partial charge < -0.3 is 8.84 Å². The van der Waals surface area contributed by atoms with Crippen LogP contribution < -0.4 is 5.63 Å². The lowest BCUT2D eigenvalue weighted by Crippen LogP contribution is -2.41. The topological polar surface area (TPSA) is 39.4 Å². The van der Waals surface area contributed by atoms with Crippen LogP contribution in [0.3, 0.4) is 0 Å². The quantitative estimate of drug-likeness (QED) is 0.724. The van der Waals surface area contributed by atoms with Gasteiger partial charge in [0.05, 0.1) is 5.39 Å². The second-order valence-electron chi connectivity index (χ2n) is 7.33. The highest BCUT2D eigenvalue weighted by atomic mass is 28.4. The van der Waals surface area contributed by atoms with Crippen LogP contribution in [0, 0.1) is 0 Å². The summed E-state index contributed by atoms with van der Waals surface area (Å²) in [6, 6.07) is 7.47. The van der Waals surface area contributed by atoms with Gasteiger partial charge in [0, 0.05) is 18.6 Å². The van der Waals surface area contributed by atoms with Crippen LogP contribution in [0.15, 0.2) is 40.1 Å². The molecule has 0 spiro atoms. The molecule has 0 bridgehead atoms. The Morgan fingerprint density at radius 1 is 1.22 bits per heavy atom. The molecule has 0 amide bonds. The van der Waals surface area contributed by atoms with Crippen molar-refractivity contribution in [2.24, 2.45) is 0 Å². The van der Waals surface area contributed by atoms with Crippen molar-refractivity contribution in [2.75, 3.05) is 6.61 Å². The van der Waals surface area contributed by atoms with Gasteiger partial charge in [0.25, 0.3) is 0 Å². The number of fused-ring (bicyclic) bond motifs is 1. The maximum absolute atomic E-state index is 12.2. The van der Waals surface area contributed by atoms with Crippen molar-refractivity contribution in [1.82, 2.24) is 0 Å². The molecular weight excluding hydrogens is 304 g/mol. The molecule has 0 fully saturated rings. The normalized spacial score (nSPS) is 12.6. The third-order valence-corrected chi connectivity index (χ3v) is 9.29. The smallest absolute Gasteiger partial charge is 0.343 e. The monoisotopic (exact) mass is 330 g/mol. The Bertz CT molecular complexity index is 766. The molecule has 0 aliphatic heterocycles. The summed E-state index contributed by atoms with van der Waals surface area (Å²) < 4.78 is 11.7. The molecule has 2 rings (SSSR count). The minimum atomic E-state index is -1.80. The zero-order valence-corrected chi connectivity index (χ0v) is 15.7. The van der Waals surface area contributed by atoms with Crippen molar-refractivity contribution in [3.63, 3.8) is 0 Å². The van der Waals surface area contributed by atoms with Crippen LogP contribution in [0.5, 0.6) is 0 Å². The summed E-state index contributed by atoms with van der Waals surface area (Å²) in [6.07, 6.45) is 2.33. The fraction of sp³-hybridized carbons (Fsp3) is 0.421. The molecule has 3 nitrogen and oxygen atoms in total. The van der Waals surface area contributed by atoms with Crippen molar-refractivity contribution in [1.29, 1.82) is 0 Å². The van der Waals surface area contributed by atoms with E-state index < -0.39 is 8.32 Å². The molecule has 0 aliphatic rings. The molecule has 4 heteroatoms. The first-order valence-corrected chi connectivity index (χ1v) is 10.9. The molecule has 0 radical (unpaired) electrons. The molecule has 0 unspecified atom stereocenters. The van der Waals surface area contributed by atoms with Crippen LogP contribution in [0.2, 0.25) is 18.1 Å². The molecule has 0 N–H and O–H groups in total. The molecule has 1 aromatic carbocycles. The second kappa shape index (κ2) is 6.46. The van der Waals surface area contributed by atoms with E-state index in [1.165, 1.54) is 0 Å². The van der Waals surface area contributed by atoms with Crippen LogP contribution in [0.25, 0.3) is 16.8 Å². The van der Waals surface area contributed by atoms with Gasteiger partial charge in [0.15, 0.2) is 8.32 Å². The Morgan fingerprint density at radius 2 is 1.83 bits per heavy atom. The van der Waals surface area contributed by atoms with E-state index >= 15 is 0 Å². The molecule has 23 heavy (non-hydrogen) atoms. The SMILES string of the molecule is C=Cc1c(CCO[Si](C)(C)C(C)(C)C)oc(=O)c2ccccc12. The predicted molar refractivity (Wildman–Crippen MR) is 99.4 cm³/mol. The molecule has 0 saturated heterocycles. The Balaban J connectivity index is 2.28. The molecule has 2 aromatic rings. The zero-order valence-electron chi connectivity index (χ0n) is 14.7. The number of benzene rings is 1. The molecule has 0 aliphatic carbocycles. The lowest BCUT2D eigenvalue weighted by Gasteiger charge is -2.36. The van der Waals surface area contributed by atoms with Gasteiger partial charge in [0.2, 0.25) is 0 Å².